The molecule has 3 atom stereocenters. The van der Waals surface area contributed by atoms with Crippen molar-refractivity contribution in [2.45, 2.75) is 38.1 Å². The molecule has 3 unspecified atom stereocenters. The summed E-state index contributed by atoms with van der Waals surface area (Å²) in [7, 11) is 0. The molecule has 0 bridgehead atoms. The number of likely N-dealkylation sites (tertiary alicyclic amines) is 1. The van der Waals surface area contributed by atoms with E-state index in [1.165, 1.54) is 24.8 Å². The van der Waals surface area contributed by atoms with Crippen molar-refractivity contribution in [1.29, 1.82) is 0 Å². The maximum atomic E-state index is 5.66. The Morgan fingerprint density at radius 3 is 2.84 bits per heavy atom. The van der Waals surface area contributed by atoms with Crippen LogP contribution in [0.2, 0.25) is 0 Å². The van der Waals surface area contributed by atoms with Gasteiger partial charge in [-0.2, -0.15) is 0 Å². The zero-order valence-electron chi connectivity index (χ0n) is 14.7. The lowest BCUT2D eigenvalue weighted by Gasteiger charge is -2.25. The Morgan fingerprint density at radius 1 is 1.36 bits per heavy atom. The zero-order valence-corrected chi connectivity index (χ0v) is 18.6. The maximum Gasteiger partial charge on any atom is 0.194 e. The zero-order chi connectivity index (χ0) is 16.6. The molecular weight excluding hydrogens is 493 g/mol. The second kappa shape index (κ2) is 8.13. The van der Waals surface area contributed by atoms with Crippen LogP contribution in [0.15, 0.2) is 33.7 Å². The molecule has 25 heavy (non-hydrogen) atoms. The monoisotopic (exact) mass is 519 g/mol. The third kappa shape index (κ3) is 4.33. The van der Waals surface area contributed by atoms with Gasteiger partial charge >= 0.3 is 0 Å². The number of ether oxygens (including phenoxy) is 1. The fourth-order valence-corrected chi connectivity index (χ4v) is 4.34. The normalized spacial score (nSPS) is 31.3. The largest absolute Gasteiger partial charge is 0.381 e. The van der Waals surface area contributed by atoms with Gasteiger partial charge in [0, 0.05) is 48.1 Å². The third-order valence-electron chi connectivity index (χ3n) is 5.63. The SMILES string of the molecule is CCN=C(NC1CC1c1ccc(Br)cc1)N1CCC2(CCOC2)C1.I. The topological polar surface area (TPSA) is 36.9 Å². The van der Waals surface area contributed by atoms with E-state index < -0.39 is 0 Å². The first-order valence-electron chi connectivity index (χ1n) is 9.08. The lowest BCUT2D eigenvalue weighted by Crippen LogP contribution is -2.43. The van der Waals surface area contributed by atoms with E-state index in [1.54, 1.807) is 0 Å². The molecule has 1 saturated carbocycles. The van der Waals surface area contributed by atoms with Gasteiger partial charge in [0.15, 0.2) is 5.96 Å². The summed E-state index contributed by atoms with van der Waals surface area (Å²) < 4.78 is 6.80. The number of nitrogens with one attached hydrogen (secondary N) is 1. The van der Waals surface area contributed by atoms with Crippen LogP contribution >= 0.6 is 39.9 Å². The molecule has 3 aliphatic rings. The first kappa shape index (κ1) is 19.4. The van der Waals surface area contributed by atoms with Crippen LogP contribution in [0.25, 0.3) is 0 Å². The van der Waals surface area contributed by atoms with Gasteiger partial charge in [-0.25, -0.2) is 0 Å². The average molecular weight is 520 g/mol. The van der Waals surface area contributed by atoms with E-state index in [0.29, 0.717) is 17.4 Å². The van der Waals surface area contributed by atoms with Gasteiger partial charge in [0.1, 0.15) is 0 Å². The van der Waals surface area contributed by atoms with Crippen LogP contribution in [-0.2, 0) is 4.74 Å². The number of aliphatic imine (C=N–C) groups is 1. The van der Waals surface area contributed by atoms with Crippen LogP contribution in [0, 0.1) is 5.41 Å². The quantitative estimate of drug-likeness (QED) is 0.372. The first-order valence-corrected chi connectivity index (χ1v) is 9.88. The Bertz CT molecular complexity index is 616. The van der Waals surface area contributed by atoms with Gasteiger partial charge in [-0.15, -0.1) is 24.0 Å². The van der Waals surface area contributed by atoms with Crippen LogP contribution in [0.3, 0.4) is 0 Å². The highest BCUT2D eigenvalue weighted by Gasteiger charge is 2.44. The second-order valence-corrected chi connectivity index (χ2v) is 8.33. The molecule has 1 aromatic carbocycles. The maximum absolute atomic E-state index is 5.66. The van der Waals surface area contributed by atoms with Crippen molar-refractivity contribution in [3.8, 4) is 0 Å². The van der Waals surface area contributed by atoms with Gasteiger partial charge in [0.2, 0.25) is 0 Å². The van der Waals surface area contributed by atoms with E-state index in [2.05, 4.69) is 57.3 Å². The molecule has 1 aromatic rings. The first-order chi connectivity index (χ1) is 11.7. The van der Waals surface area contributed by atoms with Gasteiger partial charge in [0.25, 0.3) is 0 Å². The van der Waals surface area contributed by atoms with E-state index in [4.69, 9.17) is 9.73 Å². The summed E-state index contributed by atoms with van der Waals surface area (Å²) in [5.41, 5.74) is 1.80. The van der Waals surface area contributed by atoms with Crippen molar-refractivity contribution in [3.63, 3.8) is 0 Å². The minimum Gasteiger partial charge on any atom is -0.381 e. The van der Waals surface area contributed by atoms with Gasteiger partial charge in [-0.3, -0.25) is 4.99 Å². The summed E-state index contributed by atoms with van der Waals surface area (Å²) in [5, 5.41) is 3.73. The highest BCUT2D eigenvalue weighted by Crippen LogP contribution is 2.42. The smallest absolute Gasteiger partial charge is 0.194 e. The fraction of sp³-hybridized carbons (Fsp3) is 0.632. The molecule has 2 aliphatic heterocycles. The Hall–Kier alpha value is -0.340. The average Bonchev–Trinajstić information content (AvgIpc) is 3.02. The third-order valence-corrected chi connectivity index (χ3v) is 6.16. The summed E-state index contributed by atoms with van der Waals surface area (Å²) in [6.45, 7) is 6.99. The highest BCUT2D eigenvalue weighted by atomic mass is 127. The number of nitrogens with zero attached hydrogens (tertiary/aromatic N) is 2. The van der Waals surface area contributed by atoms with Crippen molar-refractivity contribution in [3.05, 3.63) is 34.3 Å². The lowest BCUT2D eigenvalue weighted by molar-refractivity contribution is 0.156. The Morgan fingerprint density at radius 2 is 2.16 bits per heavy atom. The van der Waals surface area contributed by atoms with Crippen molar-refractivity contribution in [2.24, 2.45) is 10.4 Å². The summed E-state index contributed by atoms with van der Waals surface area (Å²) in [4.78, 5) is 7.22. The van der Waals surface area contributed by atoms with E-state index in [1.807, 2.05) is 0 Å². The number of rotatable bonds is 3. The van der Waals surface area contributed by atoms with Crippen molar-refractivity contribution < 1.29 is 4.74 Å². The molecule has 0 radical (unpaired) electrons. The van der Waals surface area contributed by atoms with Crippen LogP contribution in [-0.4, -0.2) is 49.7 Å². The molecular formula is C19H27BrIN3O. The van der Waals surface area contributed by atoms with E-state index in [9.17, 15) is 0 Å². The molecule has 1 N–H and O–H groups in total. The Balaban J connectivity index is 0.00000182. The van der Waals surface area contributed by atoms with Crippen LogP contribution in [0.5, 0.6) is 0 Å². The number of benzene rings is 1. The summed E-state index contributed by atoms with van der Waals surface area (Å²) in [5.74, 6) is 1.72. The van der Waals surface area contributed by atoms with E-state index in [0.717, 1.165) is 43.3 Å². The van der Waals surface area contributed by atoms with Gasteiger partial charge in [0.05, 0.1) is 6.61 Å². The molecule has 1 spiro atoms. The van der Waals surface area contributed by atoms with Gasteiger partial charge in [-0.1, -0.05) is 28.1 Å². The van der Waals surface area contributed by atoms with Crippen LogP contribution in [0.4, 0.5) is 0 Å². The number of hydrogen-bond acceptors (Lipinski definition) is 2. The molecule has 2 heterocycles. The molecule has 6 heteroatoms. The molecule has 4 rings (SSSR count). The second-order valence-electron chi connectivity index (χ2n) is 7.42. The predicted octanol–water partition coefficient (Wildman–Crippen LogP) is 4.00. The fourth-order valence-electron chi connectivity index (χ4n) is 4.07. The predicted molar refractivity (Wildman–Crippen MR) is 116 cm³/mol. The lowest BCUT2D eigenvalue weighted by atomic mass is 9.87. The molecule has 0 aromatic heterocycles. The molecule has 4 nitrogen and oxygen atoms in total. The molecule has 1 aliphatic carbocycles. The van der Waals surface area contributed by atoms with Crippen molar-refractivity contribution in [1.82, 2.24) is 10.2 Å². The standard InChI is InChI=1S/C19H26BrN3O.HI/c1-2-21-18(23-9-7-19(12-23)8-10-24-13-19)22-17-11-16(17)14-3-5-15(20)6-4-14;/h3-6,16-17H,2,7-13H2,1H3,(H,21,22);1H. The van der Waals surface area contributed by atoms with Gasteiger partial charge in [-0.05, 0) is 43.9 Å². The minimum atomic E-state index is 0. The number of halogens is 2. The molecule has 138 valence electrons. The van der Waals surface area contributed by atoms with Gasteiger partial charge < -0.3 is 15.0 Å². The summed E-state index contributed by atoms with van der Waals surface area (Å²) in [6, 6.07) is 9.25. The molecule has 2 saturated heterocycles. The number of guanidine groups is 1. The number of hydrogen-bond donors (Lipinski definition) is 1. The van der Waals surface area contributed by atoms with Crippen molar-refractivity contribution >= 4 is 45.9 Å². The van der Waals surface area contributed by atoms with Crippen molar-refractivity contribution in [2.75, 3.05) is 32.8 Å². The Labute approximate surface area is 175 Å². The minimum absolute atomic E-state index is 0. The van der Waals surface area contributed by atoms with Crippen LogP contribution in [0.1, 0.15) is 37.7 Å². The van der Waals surface area contributed by atoms with Crippen LogP contribution < -0.4 is 5.32 Å². The van der Waals surface area contributed by atoms with E-state index >= 15 is 0 Å². The summed E-state index contributed by atoms with van der Waals surface area (Å²) in [6.07, 6.45) is 3.64. The highest BCUT2D eigenvalue weighted by molar-refractivity contribution is 14.0. The molecule has 3 fully saturated rings. The molecule has 0 amide bonds. The van der Waals surface area contributed by atoms with E-state index in [-0.39, 0.29) is 24.0 Å². The Kier molecular flexibility index (Phi) is 6.31. The summed E-state index contributed by atoms with van der Waals surface area (Å²) >= 11 is 3.51.